The highest BCUT2D eigenvalue weighted by atomic mass is 35.5. The minimum atomic E-state index is 0.806. The number of aryl methyl sites for hydroxylation is 3. The second kappa shape index (κ2) is 6.50. The molecule has 1 saturated heterocycles. The lowest BCUT2D eigenvalue weighted by atomic mass is 10.1. The largest absolute Gasteiger partial charge is 0.368 e. The van der Waals surface area contributed by atoms with Gasteiger partial charge in [0.25, 0.3) is 0 Å². The van der Waals surface area contributed by atoms with Gasteiger partial charge in [-0.25, -0.2) is 4.98 Å². The van der Waals surface area contributed by atoms with Gasteiger partial charge in [0.05, 0.1) is 10.2 Å². The lowest BCUT2D eigenvalue weighted by Crippen LogP contribution is -2.46. The number of halogens is 1. The predicted molar refractivity (Wildman–Crippen MR) is 110 cm³/mol. The Hall–Kier alpha value is -1.78. The molecule has 0 N–H and O–H groups in total. The van der Waals surface area contributed by atoms with Crippen LogP contribution in [0, 0.1) is 20.8 Å². The Bertz CT molecular complexity index is 926. The van der Waals surface area contributed by atoms with Gasteiger partial charge in [-0.15, -0.1) is 0 Å². The molecule has 2 heterocycles. The molecule has 1 aliphatic heterocycles. The highest BCUT2D eigenvalue weighted by Gasteiger charge is 2.21. The van der Waals surface area contributed by atoms with E-state index in [0.29, 0.717) is 0 Å². The van der Waals surface area contributed by atoms with E-state index >= 15 is 0 Å². The summed E-state index contributed by atoms with van der Waals surface area (Å²) < 4.78 is 1.29. The summed E-state index contributed by atoms with van der Waals surface area (Å²) >= 11 is 8.00. The zero-order chi connectivity index (χ0) is 17.6. The van der Waals surface area contributed by atoms with Crippen molar-refractivity contribution in [3.63, 3.8) is 0 Å². The third kappa shape index (κ3) is 3.21. The third-order valence-corrected chi connectivity index (χ3v) is 6.18. The monoisotopic (exact) mass is 371 g/mol. The van der Waals surface area contributed by atoms with Crippen LogP contribution in [-0.2, 0) is 0 Å². The molecule has 3 aromatic rings. The number of hydrogen-bond donors (Lipinski definition) is 0. The number of nitrogens with zero attached hydrogens (tertiary/aromatic N) is 3. The molecule has 25 heavy (non-hydrogen) atoms. The van der Waals surface area contributed by atoms with Crippen molar-refractivity contribution in [2.24, 2.45) is 0 Å². The molecule has 0 unspecified atom stereocenters. The molecular weight excluding hydrogens is 350 g/mol. The summed E-state index contributed by atoms with van der Waals surface area (Å²) in [6.45, 7) is 10.4. The average molecular weight is 372 g/mol. The smallest absolute Gasteiger partial charge is 0.186 e. The van der Waals surface area contributed by atoms with Crippen molar-refractivity contribution in [2.45, 2.75) is 20.8 Å². The molecule has 0 aliphatic carbocycles. The highest BCUT2D eigenvalue weighted by molar-refractivity contribution is 7.22. The Morgan fingerprint density at radius 1 is 0.920 bits per heavy atom. The normalized spacial score (nSPS) is 15.2. The first-order valence-corrected chi connectivity index (χ1v) is 9.84. The van der Waals surface area contributed by atoms with Crippen LogP contribution in [0.5, 0.6) is 0 Å². The van der Waals surface area contributed by atoms with Crippen molar-refractivity contribution in [3.05, 3.63) is 52.0 Å². The molecule has 0 saturated carbocycles. The van der Waals surface area contributed by atoms with Crippen LogP contribution in [-0.4, -0.2) is 31.2 Å². The number of thiazole rings is 1. The van der Waals surface area contributed by atoms with Gasteiger partial charge in [-0.1, -0.05) is 35.1 Å². The van der Waals surface area contributed by atoms with Crippen LogP contribution in [0.1, 0.15) is 16.7 Å². The number of aromatic nitrogens is 1. The average Bonchev–Trinajstić information content (AvgIpc) is 3.01. The second-order valence-corrected chi connectivity index (χ2v) is 8.28. The molecule has 0 atom stereocenters. The Morgan fingerprint density at radius 2 is 1.64 bits per heavy atom. The van der Waals surface area contributed by atoms with Gasteiger partial charge < -0.3 is 9.80 Å². The maximum atomic E-state index is 6.19. The number of piperazine rings is 1. The van der Waals surface area contributed by atoms with E-state index in [2.05, 4.69) is 54.8 Å². The van der Waals surface area contributed by atoms with E-state index in [1.807, 2.05) is 17.4 Å². The lowest BCUT2D eigenvalue weighted by Gasteiger charge is -2.36. The molecule has 5 heteroatoms. The first kappa shape index (κ1) is 16.7. The van der Waals surface area contributed by atoms with Crippen LogP contribution >= 0.6 is 22.9 Å². The number of rotatable bonds is 2. The summed E-state index contributed by atoms with van der Waals surface area (Å²) in [5.41, 5.74) is 6.26. The minimum Gasteiger partial charge on any atom is -0.368 e. The van der Waals surface area contributed by atoms with Crippen molar-refractivity contribution in [1.29, 1.82) is 0 Å². The van der Waals surface area contributed by atoms with Crippen LogP contribution in [0.3, 0.4) is 0 Å². The zero-order valence-corrected chi connectivity index (χ0v) is 16.4. The molecule has 0 radical (unpaired) electrons. The summed E-state index contributed by atoms with van der Waals surface area (Å²) in [6, 6.07) is 10.6. The second-order valence-electron chi connectivity index (χ2n) is 6.83. The van der Waals surface area contributed by atoms with E-state index in [-0.39, 0.29) is 0 Å². The minimum absolute atomic E-state index is 0.806. The van der Waals surface area contributed by atoms with Gasteiger partial charge >= 0.3 is 0 Å². The molecule has 1 aromatic heterocycles. The zero-order valence-electron chi connectivity index (χ0n) is 14.8. The van der Waals surface area contributed by atoms with E-state index in [4.69, 9.17) is 16.6 Å². The lowest BCUT2D eigenvalue weighted by molar-refractivity contribution is 0.651. The summed E-state index contributed by atoms with van der Waals surface area (Å²) in [6.07, 6.45) is 0. The van der Waals surface area contributed by atoms with Crippen molar-refractivity contribution in [2.75, 3.05) is 36.0 Å². The number of anilines is 2. The SMILES string of the molecule is Cc1cc(C)c2nc(N3CCN(c4cc(Cl)ccc4C)CC3)sc2c1. The van der Waals surface area contributed by atoms with Crippen LogP contribution in [0.4, 0.5) is 10.8 Å². The van der Waals surface area contributed by atoms with Gasteiger partial charge in [-0.2, -0.15) is 0 Å². The van der Waals surface area contributed by atoms with E-state index in [9.17, 15) is 0 Å². The van der Waals surface area contributed by atoms with Crippen LogP contribution in [0.2, 0.25) is 5.02 Å². The molecule has 2 aromatic carbocycles. The van der Waals surface area contributed by atoms with Gasteiger partial charge in [0, 0.05) is 36.9 Å². The molecule has 0 bridgehead atoms. The number of hydrogen-bond acceptors (Lipinski definition) is 4. The molecular formula is C20H22ClN3S. The van der Waals surface area contributed by atoms with Gasteiger partial charge in [0.15, 0.2) is 5.13 Å². The van der Waals surface area contributed by atoms with Crippen molar-refractivity contribution in [1.82, 2.24) is 4.98 Å². The van der Waals surface area contributed by atoms with E-state index in [1.165, 1.54) is 27.1 Å². The fourth-order valence-electron chi connectivity index (χ4n) is 3.56. The quantitative estimate of drug-likeness (QED) is 0.617. The molecule has 0 spiro atoms. The van der Waals surface area contributed by atoms with Crippen molar-refractivity contribution in [3.8, 4) is 0 Å². The van der Waals surface area contributed by atoms with Gasteiger partial charge in [0.1, 0.15) is 0 Å². The fourth-order valence-corrected chi connectivity index (χ4v) is 4.92. The van der Waals surface area contributed by atoms with Crippen molar-refractivity contribution >= 4 is 44.0 Å². The predicted octanol–water partition coefficient (Wildman–Crippen LogP) is 5.20. The van der Waals surface area contributed by atoms with Crippen molar-refractivity contribution < 1.29 is 0 Å². The Balaban J connectivity index is 1.54. The summed E-state index contributed by atoms with van der Waals surface area (Å²) in [7, 11) is 0. The molecule has 1 aliphatic rings. The molecule has 0 amide bonds. The van der Waals surface area contributed by atoms with Gasteiger partial charge in [-0.3, -0.25) is 0 Å². The Morgan fingerprint density at radius 3 is 2.40 bits per heavy atom. The molecule has 3 nitrogen and oxygen atoms in total. The van der Waals surface area contributed by atoms with Gasteiger partial charge in [-0.05, 0) is 55.7 Å². The van der Waals surface area contributed by atoms with Gasteiger partial charge in [0.2, 0.25) is 0 Å². The third-order valence-electron chi connectivity index (χ3n) is 4.88. The summed E-state index contributed by atoms with van der Waals surface area (Å²) in [4.78, 5) is 9.75. The summed E-state index contributed by atoms with van der Waals surface area (Å²) in [5, 5.41) is 1.95. The first-order chi connectivity index (χ1) is 12.0. The molecule has 130 valence electrons. The van der Waals surface area contributed by atoms with E-state index in [1.54, 1.807) is 0 Å². The topological polar surface area (TPSA) is 19.4 Å². The van der Waals surface area contributed by atoms with E-state index < -0.39 is 0 Å². The maximum absolute atomic E-state index is 6.19. The number of fused-ring (bicyclic) bond motifs is 1. The number of benzene rings is 2. The Labute approximate surface area is 157 Å². The highest BCUT2D eigenvalue weighted by Crippen LogP contribution is 2.33. The van der Waals surface area contributed by atoms with E-state index in [0.717, 1.165) is 41.8 Å². The van der Waals surface area contributed by atoms with Crippen LogP contribution < -0.4 is 9.80 Å². The van der Waals surface area contributed by atoms with Crippen LogP contribution in [0.25, 0.3) is 10.2 Å². The standard InChI is InChI=1S/C20H22ClN3S/c1-13-10-15(3)19-18(11-13)25-20(22-19)24-8-6-23(7-9-24)17-12-16(21)5-4-14(17)2/h4-5,10-12H,6-9H2,1-3H3. The maximum Gasteiger partial charge on any atom is 0.186 e. The fraction of sp³-hybridized carbons (Fsp3) is 0.350. The summed E-state index contributed by atoms with van der Waals surface area (Å²) in [5.74, 6) is 0. The first-order valence-electron chi connectivity index (χ1n) is 8.65. The van der Waals surface area contributed by atoms with Crippen LogP contribution in [0.15, 0.2) is 30.3 Å². The molecule has 1 fully saturated rings. The Kier molecular flexibility index (Phi) is 4.34. The molecule has 4 rings (SSSR count).